The van der Waals surface area contributed by atoms with Crippen LogP contribution < -0.4 is 5.32 Å². The zero-order chi connectivity index (χ0) is 13.8. The summed E-state index contributed by atoms with van der Waals surface area (Å²) in [5.74, 6) is -1.08. The highest BCUT2D eigenvalue weighted by Crippen LogP contribution is 2.16. The van der Waals surface area contributed by atoms with E-state index in [1.165, 1.54) is 12.1 Å². The van der Waals surface area contributed by atoms with E-state index in [1.807, 2.05) is 0 Å². The molecule has 0 saturated carbocycles. The molecule has 0 radical (unpaired) electrons. The number of hydrogen-bond donors (Lipinski definition) is 2. The third-order valence-electron chi connectivity index (χ3n) is 2.52. The number of halogens is 1. The lowest BCUT2D eigenvalue weighted by atomic mass is 10.1. The standard InChI is InChI=1S/C12H13FN4O2/c1-17-7-15-11(16-17)4-5-14-10-3-2-8(13)6-9(10)12(18)19/h2-3,6-7,14H,4-5H2,1H3,(H,18,19). The SMILES string of the molecule is Cn1cnc(CCNc2ccc(F)cc2C(=O)O)n1. The minimum atomic E-state index is -1.17. The Morgan fingerprint density at radius 2 is 2.32 bits per heavy atom. The van der Waals surface area contributed by atoms with Crippen LogP contribution in [0.15, 0.2) is 24.5 Å². The minimum Gasteiger partial charge on any atom is -0.478 e. The summed E-state index contributed by atoms with van der Waals surface area (Å²) in [7, 11) is 1.77. The topological polar surface area (TPSA) is 80.0 Å². The van der Waals surface area contributed by atoms with Crippen LogP contribution in [0.2, 0.25) is 0 Å². The third kappa shape index (κ3) is 3.27. The van der Waals surface area contributed by atoms with Gasteiger partial charge in [-0.1, -0.05) is 0 Å². The minimum absolute atomic E-state index is 0.0889. The van der Waals surface area contributed by atoms with E-state index in [2.05, 4.69) is 15.4 Å². The average molecular weight is 264 g/mol. The number of nitrogens with zero attached hydrogens (tertiary/aromatic N) is 3. The molecule has 1 heterocycles. The number of hydrogen-bond acceptors (Lipinski definition) is 4. The maximum Gasteiger partial charge on any atom is 0.337 e. The van der Waals surface area contributed by atoms with Crippen LogP contribution >= 0.6 is 0 Å². The Bertz CT molecular complexity index is 597. The van der Waals surface area contributed by atoms with Crippen molar-refractivity contribution in [1.29, 1.82) is 0 Å². The Hall–Kier alpha value is -2.44. The Labute approximate surface area is 108 Å². The summed E-state index contributed by atoms with van der Waals surface area (Å²) in [5.41, 5.74) is 0.291. The lowest BCUT2D eigenvalue weighted by Crippen LogP contribution is -2.10. The number of carboxylic acids is 1. The molecule has 0 spiro atoms. The van der Waals surface area contributed by atoms with Gasteiger partial charge < -0.3 is 10.4 Å². The van der Waals surface area contributed by atoms with E-state index in [1.54, 1.807) is 18.1 Å². The lowest BCUT2D eigenvalue weighted by Gasteiger charge is -2.08. The number of aryl methyl sites for hydroxylation is 1. The van der Waals surface area contributed by atoms with Crippen molar-refractivity contribution in [2.24, 2.45) is 7.05 Å². The van der Waals surface area contributed by atoms with Gasteiger partial charge >= 0.3 is 5.97 Å². The molecule has 1 aromatic heterocycles. The first kappa shape index (κ1) is 13.0. The van der Waals surface area contributed by atoms with Crippen molar-refractivity contribution >= 4 is 11.7 Å². The highest BCUT2D eigenvalue weighted by atomic mass is 19.1. The second-order valence-corrected chi connectivity index (χ2v) is 4.01. The van der Waals surface area contributed by atoms with E-state index >= 15 is 0 Å². The van der Waals surface area contributed by atoms with Gasteiger partial charge in [-0.05, 0) is 18.2 Å². The summed E-state index contributed by atoms with van der Waals surface area (Å²) >= 11 is 0. The van der Waals surface area contributed by atoms with Crippen LogP contribution in [0.5, 0.6) is 0 Å². The molecule has 0 bridgehead atoms. The first-order valence-corrected chi connectivity index (χ1v) is 5.67. The fraction of sp³-hybridized carbons (Fsp3) is 0.250. The molecule has 0 aliphatic heterocycles. The van der Waals surface area contributed by atoms with Crippen LogP contribution in [-0.4, -0.2) is 32.4 Å². The number of carbonyl (C=O) groups is 1. The smallest absolute Gasteiger partial charge is 0.337 e. The van der Waals surface area contributed by atoms with Gasteiger partial charge in [0, 0.05) is 25.7 Å². The van der Waals surface area contributed by atoms with Gasteiger partial charge in [0.1, 0.15) is 12.1 Å². The zero-order valence-corrected chi connectivity index (χ0v) is 10.3. The van der Waals surface area contributed by atoms with Crippen molar-refractivity contribution in [3.63, 3.8) is 0 Å². The maximum absolute atomic E-state index is 13.0. The average Bonchev–Trinajstić information content (AvgIpc) is 2.77. The van der Waals surface area contributed by atoms with Gasteiger partial charge in [0.05, 0.1) is 5.56 Å². The Morgan fingerprint density at radius 3 is 2.95 bits per heavy atom. The number of aromatic carboxylic acids is 1. The predicted molar refractivity (Wildman–Crippen MR) is 66.6 cm³/mol. The van der Waals surface area contributed by atoms with E-state index in [-0.39, 0.29) is 5.56 Å². The fourth-order valence-electron chi connectivity index (χ4n) is 1.66. The van der Waals surface area contributed by atoms with Crippen LogP contribution in [0.4, 0.5) is 10.1 Å². The van der Waals surface area contributed by atoms with Crippen molar-refractivity contribution in [2.45, 2.75) is 6.42 Å². The summed E-state index contributed by atoms with van der Waals surface area (Å²) in [4.78, 5) is 15.0. The molecule has 6 nitrogen and oxygen atoms in total. The molecule has 0 aliphatic carbocycles. The zero-order valence-electron chi connectivity index (χ0n) is 10.3. The van der Waals surface area contributed by atoms with Gasteiger partial charge in [0.2, 0.25) is 0 Å². The van der Waals surface area contributed by atoms with Gasteiger partial charge in [0.25, 0.3) is 0 Å². The van der Waals surface area contributed by atoms with Crippen LogP contribution in [0, 0.1) is 5.82 Å². The molecule has 1 aromatic carbocycles. The van der Waals surface area contributed by atoms with E-state index < -0.39 is 11.8 Å². The van der Waals surface area contributed by atoms with Crippen LogP contribution in [-0.2, 0) is 13.5 Å². The number of aromatic nitrogens is 3. The number of carboxylic acid groups (broad SMARTS) is 1. The largest absolute Gasteiger partial charge is 0.478 e. The summed E-state index contributed by atoms with van der Waals surface area (Å²) in [5, 5.41) is 16.0. The Balaban J connectivity index is 2.01. The fourth-order valence-corrected chi connectivity index (χ4v) is 1.66. The van der Waals surface area contributed by atoms with Crippen LogP contribution in [0.3, 0.4) is 0 Å². The summed E-state index contributed by atoms with van der Waals surface area (Å²) < 4.78 is 14.6. The first-order valence-electron chi connectivity index (χ1n) is 5.67. The maximum atomic E-state index is 13.0. The molecule has 2 rings (SSSR count). The molecule has 7 heteroatoms. The second kappa shape index (κ2) is 5.47. The summed E-state index contributed by atoms with van der Waals surface area (Å²) in [6.07, 6.45) is 2.15. The van der Waals surface area contributed by atoms with E-state index in [4.69, 9.17) is 5.11 Å². The highest BCUT2D eigenvalue weighted by Gasteiger charge is 2.11. The van der Waals surface area contributed by atoms with Crippen molar-refractivity contribution < 1.29 is 14.3 Å². The Morgan fingerprint density at radius 1 is 1.53 bits per heavy atom. The van der Waals surface area contributed by atoms with Crippen molar-refractivity contribution in [1.82, 2.24) is 14.8 Å². The molecule has 2 N–H and O–H groups in total. The number of nitrogens with one attached hydrogen (secondary N) is 1. The monoisotopic (exact) mass is 264 g/mol. The molecule has 0 fully saturated rings. The van der Waals surface area contributed by atoms with Gasteiger partial charge in [-0.2, -0.15) is 5.10 Å². The van der Waals surface area contributed by atoms with Crippen molar-refractivity contribution in [3.05, 3.63) is 41.7 Å². The number of benzene rings is 1. The van der Waals surface area contributed by atoms with Crippen LogP contribution in [0.1, 0.15) is 16.2 Å². The van der Waals surface area contributed by atoms with E-state index in [0.29, 0.717) is 24.5 Å². The Kier molecular flexibility index (Phi) is 3.74. The highest BCUT2D eigenvalue weighted by molar-refractivity contribution is 5.94. The molecule has 0 aliphatic rings. The molecule has 2 aromatic rings. The number of anilines is 1. The molecule has 100 valence electrons. The molecule has 0 saturated heterocycles. The van der Waals surface area contributed by atoms with Crippen molar-refractivity contribution in [2.75, 3.05) is 11.9 Å². The number of rotatable bonds is 5. The quantitative estimate of drug-likeness (QED) is 0.851. The van der Waals surface area contributed by atoms with Gasteiger partial charge in [-0.25, -0.2) is 14.2 Å². The lowest BCUT2D eigenvalue weighted by molar-refractivity contribution is 0.0697. The summed E-state index contributed by atoms with van der Waals surface area (Å²) in [6, 6.07) is 3.61. The summed E-state index contributed by atoms with van der Waals surface area (Å²) in [6.45, 7) is 0.468. The first-order chi connectivity index (χ1) is 9.06. The molecule has 0 atom stereocenters. The van der Waals surface area contributed by atoms with Gasteiger partial charge in [-0.15, -0.1) is 0 Å². The van der Waals surface area contributed by atoms with Gasteiger partial charge in [-0.3, -0.25) is 4.68 Å². The molecule has 0 amide bonds. The molecular weight excluding hydrogens is 251 g/mol. The van der Waals surface area contributed by atoms with E-state index in [9.17, 15) is 9.18 Å². The second-order valence-electron chi connectivity index (χ2n) is 4.01. The molecule has 19 heavy (non-hydrogen) atoms. The predicted octanol–water partition coefficient (Wildman–Crippen LogP) is 1.31. The third-order valence-corrected chi connectivity index (χ3v) is 2.52. The molecular formula is C12H13FN4O2. The molecule has 0 unspecified atom stereocenters. The van der Waals surface area contributed by atoms with Crippen molar-refractivity contribution in [3.8, 4) is 0 Å². The normalized spacial score (nSPS) is 10.4. The van der Waals surface area contributed by atoms with Crippen LogP contribution in [0.25, 0.3) is 0 Å². The van der Waals surface area contributed by atoms with Gasteiger partial charge in [0.15, 0.2) is 5.82 Å². The van der Waals surface area contributed by atoms with E-state index in [0.717, 1.165) is 6.07 Å².